The second-order valence-electron chi connectivity index (χ2n) is 5.32. The van der Waals surface area contributed by atoms with Crippen LogP contribution in [-0.2, 0) is 10.0 Å². The van der Waals surface area contributed by atoms with Gasteiger partial charge in [-0.2, -0.15) is 5.10 Å². The summed E-state index contributed by atoms with van der Waals surface area (Å²) in [5.41, 5.74) is 2.57. The number of nitrogens with zero attached hydrogens (tertiary/aromatic N) is 1. The third kappa shape index (κ3) is 4.75. The van der Waals surface area contributed by atoms with Crippen LogP contribution in [0.15, 0.2) is 81.3 Å². The zero-order valence-electron chi connectivity index (χ0n) is 13.8. The number of carbonyl (C=O) groups is 1. The van der Waals surface area contributed by atoms with E-state index in [4.69, 9.17) is 16.0 Å². The van der Waals surface area contributed by atoms with E-state index in [9.17, 15) is 13.2 Å². The highest BCUT2D eigenvalue weighted by molar-refractivity contribution is 7.92. The lowest BCUT2D eigenvalue weighted by Crippen LogP contribution is -2.21. The summed E-state index contributed by atoms with van der Waals surface area (Å²) in [5.74, 6) is -0.112. The van der Waals surface area contributed by atoms with Crippen LogP contribution in [0.25, 0.3) is 0 Å². The number of hydrogen-bond acceptors (Lipinski definition) is 5. The fourth-order valence-electron chi connectivity index (χ4n) is 2.17. The smallest absolute Gasteiger partial charge is 0.273 e. The van der Waals surface area contributed by atoms with E-state index in [2.05, 4.69) is 15.2 Å². The maximum absolute atomic E-state index is 12.5. The Morgan fingerprint density at radius 1 is 1.04 bits per heavy atom. The first-order valence-electron chi connectivity index (χ1n) is 7.70. The number of hydrogen-bond donors (Lipinski definition) is 2. The Bertz CT molecular complexity index is 1060. The number of carbonyl (C=O) groups excluding carboxylic acids is 1. The molecule has 1 heterocycles. The number of halogens is 1. The van der Waals surface area contributed by atoms with Crippen LogP contribution in [0.2, 0.25) is 5.02 Å². The number of benzene rings is 2. The molecule has 0 radical (unpaired) electrons. The normalized spacial score (nSPS) is 11.4. The Hall–Kier alpha value is -3.10. The number of sulfonamides is 1. The maximum Gasteiger partial charge on any atom is 0.273 e. The van der Waals surface area contributed by atoms with Gasteiger partial charge >= 0.3 is 0 Å². The standard InChI is InChI=1S/C18H14ClN3O4S/c19-13-7-9-15(10-8-13)27(24,25)22-17-6-2-1-5-16(17)18(23)21-20-12-14-4-3-11-26-14/h1-12,22H,(H,21,23)/b20-12-. The molecular formula is C18H14ClN3O4S. The molecule has 0 atom stereocenters. The van der Waals surface area contributed by atoms with Crippen LogP contribution < -0.4 is 10.1 Å². The van der Waals surface area contributed by atoms with Crippen molar-refractivity contribution >= 4 is 39.4 Å². The van der Waals surface area contributed by atoms with Crippen molar-refractivity contribution in [3.8, 4) is 0 Å². The van der Waals surface area contributed by atoms with Crippen LogP contribution in [0.1, 0.15) is 16.1 Å². The van der Waals surface area contributed by atoms with Crippen molar-refractivity contribution in [2.24, 2.45) is 5.10 Å². The number of para-hydroxylation sites is 1. The molecule has 0 saturated heterocycles. The average molecular weight is 404 g/mol. The lowest BCUT2D eigenvalue weighted by molar-refractivity contribution is 0.0956. The Kier molecular flexibility index (Phi) is 5.58. The van der Waals surface area contributed by atoms with Crippen molar-refractivity contribution in [2.75, 3.05) is 4.72 Å². The first kappa shape index (κ1) is 18.7. The Morgan fingerprint density at radius 2 is 1.78 bits per heavy atom. The lowest BCUT2D eigenvalue weighted by Gasteiger charge is -2.11. The summed E-state index contributed by atoms with van der Waals surface area (Å²) in [6, 6.07) is 15.2. The van der Waals surface area contributed by atoms with Gasteiger partial charge in [0.25, 0.3) is 15.9 Å². The fraction of sp³-hybridized carbons (Fsp3) is 0. The summed E-state index contributed by atoms with van der Waals surface area (Å²) in [6.45, 7) is 0. The third-order valence-electron chi connectivity index (χ3n) is 3.44. The highest BCUT2D eigenvalue weighted by atomic mass is 35.5. The van der Waals surface area contributed by atoms with Gasteiger partial charge in [0.2, 0.25) is 0 Å². The van der Waals surface area contributed by atoms with E-state index in [1.165, 1.54) is 48.9 Å². The maximum atomic E-state index is 12.5. The molecule has 1 amide bonds. The minimum atomic E-state index is -3.88. The van der Waals surface area contributed by atoms with Gasteiger partial charge in [0.05, 0.1) is 28.6 Å². The first-order chi connectivity index (χ1) is 13.0. The molecular weight excluding hydrogens is 390 g/mol. The van der Waals surface area contributed by atoms with E-state index in [-0.39, 0.29) is 16.1 Å². The first-order valence-corrected chi connectivity index (χ1v) is 9.56. The third-order valence-corrected chi connectivity index (χ3v) is 5.07. The average Bonchev–Trinajstić information content (AvgIpc) is 3.15. The fourth-order valence-corrected chi connectivity index (χ4v) is 3.37. The predicted octanol–water partition coefficient (Wildman–Crippen LogP) is 3.50. The van der Waals surface area contributed by atoms with E-state index in [0.717, 1.165) is 0 Å². The number of rotatable bonds is 6. The van der Waals surface area contributed by atoms with Crippen LogP contribution in [0.3, 0.4) is 0 Å². The number of amides is 1. The van der Waals surface area contributed by atoms with E-state index in [1.54, 1.807) is 24.3 Å². The molecule has 2 N–H and O–H groups in total. The van der Waals surface area contributed by atoms with E-state index >= 15 is 0 Å². The molecule has 0 spiro atoms. The molecule has 2 aromatic carbocycles. The summed E-state index contributed by atoms with van der Waals surface area (Å²) in [4.78, 5) is 12.4. The summed E-state index contributed by atoms with van der Waals surface area (Å²) < 4.78 is 32.5. The number of furan rings is 1. The second kappa shape index (κ2) is 8.07. The van der Waals surface area contributed by atoms with Gasteiger partial charge in [-0.15, -0.1) is 0 Å². The van der Waals surface area contributed by atoms with Crippen LogP contribution >= 0.6 is 11.6 Å². The molecule has 3 aromatic rings. The van der Waals surface area contributed by atoms with Crippen LogP contribution in [0.4, 0.5) is 5.69 Å². The monoisotopic (exact) mass is 403 g/mol. The Labute approximate surface area is 160 Å². The molecule has 3 rings (SSSR count). The molecule has 0 aliphatic rings. The van der Waals surface area contributed by atoms with Crippen molar-refractivity contribution < 1.29 is 17.6 Å². The quantitative estimate of drug-likeness (QED) is 0.485. The van der Waals surface area contributed by atoms with Gasteiger partial charge in [-0.1, -0.05) is 23.7 Å². The largest absolute Gasteiger partial charge is 0.463 e. The van der Waals surface area contributed by atoms with Crippen molar-refractivity contribution in [2.45, 2.75) is 4.90 Å². The van der Waals surface area contributed by atoms with Crippen molar-refractivity contribution in [1.82, 2.24) is 5.43 Å². The van der Waals surface area contributed by atoms with Gasteiger partial charge in [0.15, 0.2) is 0 Å². The zero-order valence-corrected chi connectivity index (χ0v) is 15.4. The van der Waals surface area contributed by atoms with Gasteiger partial charge in [-0.05, 0) is 48.5 Å². The zero-order chi connectivity index (χ0) is 19.3. The summed E-state index contributed by atoms with van der Waals surface area (Å²) >= 11 is 5.79. The summed E-state index contributed by atoms with van der Waals surface area (Å²) in [7, 11) is -3.88. The predicted molar refractivity (Wildman–Crippen MR) is 102 cm³/mol. The van der Waals surface area contributed by atoms with Gasteiger partial charge in [-0.3, -0.25) is 9.52 Å². The second-order valence-corrected chi connectivity index (χ2v) is 7.44. The number of nitrogens with one attached hydrogen (secondary N) is 2. The Morgan fingerprint density at radius 3 is 2.48 bits per heavy atom. The van der Waals surface area contributed by atoms with E-state index in [0.29, 0.717) is 10.8 Å². The molecule has 9 heteroatoms. The van der Waals surface area contributed by atoms with Crippen molar-refractivity contribution in [3.63, 3.8) is 0 Å². The minimum absolute atomic E-state index is 0.0259. The van der Waals surface area contributed by atoms with E-state index in [1.807, 2.05) is 0 Å². The molecule has 138 valence electrons. The highest BCUT2D eigenvalue weighted by Crippen LogP contribution is 2.21. The highest BCUT2D eigenvalue weighted by Gasteiger charge is 2.18. The van der Waals surface area contributed by atoms with Gasteiger partial charge in [0, 0.05) is 5.02 Å². The van der Waals surface area contributed by atoms with Gasteiger partial charge in [-0.25, -0.2) is 13.8 Å². The topological polar surface area (TPSA) is 101 Å². The van der Waals surface area contributed by atoms with Crippen LogP contribution in [0, 0.1) is 0 Å². The SMILES string of the molecule is O=C(N/N=C\c1ccco1)c1ccccc1NS(=O)(=O)c1ccc(Cl)cc1. The number of hydrazone groups is 1. The minimum Gasteiger partial charge on any atom is -0.463 e. The molecule has 0 unspecified atom stereocenters. The summed E-state index contributed by atoms with van der Waals surface area (Å²) in [5, 5.41) is 4.20. The number of anilines is 1. The van der Waals surface area contributed by atoms with Gasteiger partial charge in [0.1, 0.15) is 5.76 Å². The molecule has 0 saturated carbocycles. The molecule has 27 heavy (non-hydrogen) atoms. The lowest BCUT2D eigenvalue weighted by atomic mass is 10.2. The molecule has 0 bridgehead atoms. The van der Waals surface area contributed by atoms with E-state index < -0.39 is 15.9 Å². The molecule has 0 aliphatic carbocycles. The van der Waals surface area contributed by atoms with Crippen LogP contribution in [0.5, 0.6) is 0 Å². The Balaban J connectivity index is 1.79. The molecule has 1 aromatic heterocycles. The molecule has 7 nitrogen and oxygen atoms in total. The van der Waals surface area contributed by atoms with Crippen molar-refractivity contribution in [3.05, 3.63) is 83.3 Å². The van der Waals surface area contributed by atoms with Gasteiger partial charge < -0.3 is 4.42 Å². The van der Waals surface area contributed by atoms with Crippen molar-refractivity contribution in [1.29, 1.82) is 0 Å². The molecule has 0 aliphatic heterocycles. The van der Waals surface area contributed by atoms with Crippen LogP contribution in [-0.4, -0.2) is 20.5 Å². The summed E-state index contributed by atoms with van der Waals surface area (Å²) in [6.07, 6.45) is 2.81. The molecule has 0 fully saturated rings.